The molecule has 1 saturated heterocycles. The molecule has 4 atom stereocenters. The van der Waals surface area contributed by atoms with Gasteiger partial charge in [0.15, 0.2) is 0 Å². The van der Waals surface area contributed by atoms with Crippen molar-refractivity contribution in [3.05, 3.63) is 34.6 Å². The number of benzene rings is 1. The lowest BCUT2D eigenvalue weighted by molar-refractivity contribution is -0.177. The number of hydrogen-bond acceptors (Lipinski definition) is 3. The number of rotatable bonds is 4. The Bertz CT molecular complexity index is 578. The lowest BCUT2D eigenvalue weighted by atomic mass is 9.46. The summed E-state index contributed by atoms with van der Waals surface area (Å²) in [6, 6.07) is 4.92. The largest absolute Gasteiger partial charge is 0.387 e. The second-order valence-corrected chi connectivity index (χ2v) is 7.31. The Hall–Kier alpha value is -0.680. The predicted molar refractivity (Wildman–Crippen MR) is 82.3 cm³/mol. The number of aliphatic hydroxyl groups is 1. The molecule has 1 aliphatic heterocycles. The Morgan fingerprint density at radius 1 is 1.45 bits per heavy atom. The third kappa shape index (κ3) is 2.12. The lowest BCUT2D eigenvalue weighted by Gasteiger charge is -2.63. The van der Waals surface area contributed by atoms with Crippen LogP contribution >= 0.6 is 11.6 Å². The summed E-state index contributed by atoms with van der Waals surface area (Å²) in [6.07, 6.45) is 4.52. The molecule has 0 radical (unpaired) electrons. The van der Waals surface area contributed by atoms with Gasteiger partial charge in [-0.3, -0.25) is 0 Å². The quantitative estimate of drug-likeness (QED) is 0.894. The third-order valence-electron chi connectivity index (χ3n) is 5.90. The van der Waals surface area contributed by atoms with E-state index in [1.54, 1.807) is 6.07 Å². The molecule has 5 heteroatoms. The Morgan fingerprint density at radius 2 is 2.27 bits per heavy atom. The van der Waals surface area contributed by atoms with Crippen LogP contribution in [0.1, 0.15) is 37.4 Å². The SMILES string of the molecule is OC(CNC1C2CCOC2C12CCC2)c1ccc(Cl)c(F)c1. The van der Waals surface area contributed by atoms with E-state index in [0.717, 1.165) is 13.0 Å². The monoisotopic (exact) mass is 325 g/mol. The van der Waals surface area contributed by atoms with Crippen LogP contribution in [0.15, 0.2) is 18.2 Å². The number of fused-ring (bicyclic) bond motifs is 2. The average molecular weight is 326 g/mol. The first-order valence-electron chi connectivity index (χ1n) is 8.10. The second-order valence-electron chi connectivity index (χ2n) is 6.91. The number of nitrogens with one attached hydrogen (secondary N) is 1. The zero-order valence-corrected chi connectivity index (χ0v) is 13.2. The normalized spacial score (nSPS) is 33.1. The first-order valence-corrected chi connectivity index (χ1v) is 8.48. The smallest absolute Gasteiger partial charge is 0.142 e. The summed E-state index contributed by atoms with van der Waals surface area (Å²) in [4.78, 5) is 0. The zero-order valence-electron chi connectivity index (χ0n) is 12.4. The Kier molecular flexibility index (Phi) is 3.68. The van der Waals surface area contributed by atoms with Gasteiger partial charge in [0.25, 0.3) is 0 Å². The highest BCUT2D eigenvalue weighted by Gasteiger charge is 2.66. The van der Waals surface area contributed by atoms with Gasteiger partial charge in [-0.2, -0.15) is 0 Å². The summed E-state index contributed by atoms with van der Waals surface area (Å²) in [6.45, 7) is 1.30. The minimum absolute atomic E-state index is 0.0854. The molecule has 0 aromatic heterocycles. The summed E-state index contributed by atoms with van der Waals surface area (Å²) in [5.41, 5.74) is 0.863. The second kappa shape index (κ2) is 5.45. The van der Waals surface area contributed by atoms with Crippen molar-refractivity contribution >= 4 is 11.6 Å². The van der Waals surface area contributed by atoms with Gasteiger partial charge < -0.3 is 15.2 Å². The van der Waals surface area contributed by atoms with E-state index in [0.29, 0.717) is 35.6 Å². The molecule has 1 spiro atoms. The molecule has 120 valence electrons. The zero-order chi connectivity index (χ0) is 15.3. The standard InChI is InChI=1S/C17H21ClFNO2/c18-12-3-2-10(8-13(12)19)14(21)9-20-15-11-4-7-22-16(11)17(15)5-1-6-17/h2-3,8,11,14-16,20-21H,1,4-7,9H2. The molecule has 3 aliphatic rings. The van der Waals surface area contributed by atoms with Crippen LogP contribution in [0.5, 0.6) is 0 Å². The molecule has 2 N–H and O–H groups in total. The van der Waals surface area contributed by atoms with E-state index in [4.69, 9.17) is 16.3 Å². The predicted octanol–water partition coefficient (Wildman–Crippen LogP) is 3.06. The van der Waals surface area contributed by atoms with Crippen molar-refractivity contribution in [1.82, 2.24) is 5.32 Å². The van der Waals surface area contributed by atoms with Crippen molar-refractivity contribution in [2.75, 3.05) is 13.2 Å². The van der Waals surface area contributed by atoms with Gasteiger partial charge >= 0.3 is 0 Å². The van der Waals surface area contributed by atoms with Gasteiger partial charge in [-0.05, 0) is 37.0 Å². The van der Waals surface area contributed by atoms with E-state index in [1.165, 1.54) is 31.4 Å². The lowest BCUT2D eigenvalue weighted by Crippen LogP contribution is -2.71. The molecule has 2 saturated carbocycles. The molecule has 3 nitrogen and oxygen atoms in total. The van der Waals surface area contributed by atoms with Crippen molar-refractivity contribution in [3.63, 3.8) is 0 Å². The summed E-state index contributed by atoms with van der Waals surface area (Å²) < 4.78 is 19.4. The van der Waals surface area contributed by atoms with Gasteiger partial charge in [0, 0.05) is 30.5 Å². The van der Waals surface area contributed by atoms with Crippen molar-refractivity contribution in [2.24, 2.45) is 11.3 Å². The topological polar surface area (TPSA) is 41.5 Å². The fraction of sp³-hybridized carbons (Fsp3) is 0.647. The maximum atomic E-state index is 13.5. The maximum Gasteiger partial charge on any atom is 0.142 e. The van der Waals surface area contributed by atoms with E-state index in [2.05, 4.69) is 5.32 Å². The van der Waals surface area contributed by atoms with Crippen LogP contribution in [-0.4, -0.2) is 30.4 Å². The fourth-order valence-electron chi connectivity index (χ4n) is 4.64. The van der Waals surface area contributed by atoms with Gasteiger partial charge in [0.05, 0.1) is 17.2 Å². The van der Waals surface area contributed by atoms with Crippen molar-refractivity contribution in [2.45, 2.75) is 43.9 Å². The molecule has 4 rings (SSSR count). The molecule has 0 amide bonds. The van der Waals surface area contributed by atoms with E-state index >= 15 is 0 Å². The molecular weight excluding hydrogens is 305 g/mol. The molecule has 22 heavy (non-hydrogen) atoms. The molecule has 4 unspecified atom stereocenters. The van der Waals surface area contributed by atoms with Gasteiger partial charge in [-0.25, -0.2) is 4.39 Å². The highest BCUT2D eigenvalue weighted by atomic mass is 35.5. The Labute approximate surface area is 134 Å². The summed E-state index contributed by atoms with van der Waals surface area (Å²) in [5, 5.41) is 13.9. The Balaban J connectivity index is 1.40. The van der Waals surface area contributed by atoms with E-state index in [-0.39, 0.29) is 5.02 Å². The summed E-state index contributed by atoms with van der Waals surface area (Å²) >= 11 is 5.68. The van der Waals surface area contributed by atoms with Crippen LogP contribution < -0.4 is 5.32 Å². The van der Waals surface area contributed by atoms with Crippen LogP contribution in [-0.2, 0) is 4.74 Å². The molecule has 2 aliphatic carbocycles. The average Bonchev–Trinajstić information content (AvgIpc) is 2.85. The van der Waals surface area contributed by atoms with E-state index in [9.17, 15) is 9.50 Å². The van der Waals surface area contributed by atoms with Gasteiger partial charge in [-0.15, -0.1) is 0 Å². The van der Waals surface area contributed by atoms with Crippen LogP contribution in [0.2, 0.25) is 5.02 Å². The number of halogens is 2. The van der Waals surface area contributed by atoms with Gasteiger partial charge in [0.2, 0.25) is 0 Å². The van der Waals surface area contributed by atoms with Crippen molar-refractivity contribution in [1.29, 1.82) is 0 Å². The molecular formula is C17H21ClFNO2. The van der Waals surface area contributed by atoms with Crippen LogP contribution in [0.25, 0.3) is 0 Å². The maximum absolute atomic E-state index is 13.5. The number of hydrogen-bond donors (Lipinski definition) is 2. The summed E-state index contributed by atoms with van der Waals surface area (Å²) in [7, 11) is 0. The van der Waals surface area contributed by atoms with Gasteiger partial charge in [-0.1, -0.05) is 24.1 Å². The fourth-order valence-corrected chi connectivity index (χ4v) is 4.75. The molecule has 1 aromatic rings. The highest BCUT2D eigenvalue weighted by molar-refractivity contribution is 6.30. The van der Waals surface area contributed by atoms with Gasteiger partial charge in [0.1, 0.15) is 5.82 Å². The van der Waals surface area contributed by atoms with E-state index in [1.807, 2.05) is 0 Å². The van der Waals surface area contributed by atoms with Crippen LogP contribution in [0.4, 0.5) is 4.39 Å². The van der Waals surface area contributed by atoms with Crippen LogP contribution in [0, 0.1) is 17.2 Å². The highest BCUT2D eigenvalue weighted by Crippen LogP contribution is 2.62. The molecule has 3 fully saturated rings. The van der Waals surface area contributed by atoms with Crippen molar-refractivity contribution in [3.8, 4) is 0 Å². The number of aliphatic hydroxyl groups excluding tert-OH is 1. The third-order valence-corrected chi connectivity index (χ3v) is 6.20. The first kappa shape index (κ1) is 14.9. The van der Waals surface area contributed by atoms with Crippen LogP contribution in [0.3, 0.4) is 0 Å². The minimum atomic E-state index is -0.717. The van der Waals surface area contributed by atoms with Crippen molar-refractivity contribution < 1.29 is 14.2 Å². The minimum Gasteiger partial charge on any atom is -0.387 e. The Morgan fingerprint density at radius 3 is 2.95 bits per heavy atom. The first-order chi connectivity index (χ1) is 10.6. The van der Waals surface area contributed by atoms with E-state index < -0.39 is 11.9 Å². The molecule has 1 heterocycles. The molecule has 0 bridgehead atoms. The number of ether oxygens (including phenoxy) is 1. The molecule has 1 aromatic carbocycles. The summed E-state index contributed by atoms with van der Waals surface area (Å²) in [5.74, 6) is 0.0936.